The summed E-state index contributed by atoms with van der Waals surface area (Å²) in [5, 5.41) is 9.86. The predicted molar refractivity (Wildman–Crippen MR) is 52.4 cm³/mol. The van der Waals surface area contributed by atoms with Gasteiger partial charge >= 0.3 is 0 Å². The van der Waals surface area contributed by atoms with Crippen molar-refractivity contribution in [3.05, 3.63) is 0 Å². The molecule has 0 aromatic heterocycles. The van der Waals surface area contributed by atoms with Crippen LogP contribution < -0.4 is 5.73 Å². The van der Waals surface area contributed by atoms with Crippen molar-refractivity contribution in [2.45, 2.75) is 38.4 Å². The van der Waals surface area contributed by atoms with Crippen LogP contribution in [0.3, 0.4) is 0 Å². The van der Waals surface area contributed by atoms with E-state index in [1.807, 2.05) is 0 Å². The van der Waals surface area contributed by atoms with Gasteiger partial charge in [0, 0.05) is 7.11 Å². The van der Waals surface area contributed by atoms with E-state index in [1.165, 1.54) is 0 Å². The van der Waals surface area contributed by atoms with E-state index in [9.17, 15) is 5.11 Å². The molecule has 78 valence electrons. The quantitative estimate of drug-likeness (QED) is 0.627. The third-order valence-electron chi connectivity index (χ3n) is 3.28. The lowest BCUT2D eigenvalue weighted by Gasteiger charge is -2.24. The van der Waals surface area contributed by atoms with Gasteiger partial charge in [0.2, 0.25) is 0 Å². The molecule has 3 heteroatoms. The molecule has 0 saturated heterocycles. The molecule has 1 fully saturated rings. The Morgan fingerprint density at radius 2 is 2.15 bits per heavy atom. The Morgan fingerprint density at radius 3 is 2.69 bits per heavy atom. The molecule has 0 amide bonds. The molecule has 0 aromatic rings. The normalized spacial score (nSPS) is 41.5. The molecule has 0 aliphatic heterocycles. The van der Waals surface area contributed by atoms with Crippen molar-refractivity contribution in [1.82, 2.24) is 0 Å². The maximum absolute atomic E-state index is 9.86. The second-order valence-electron chi connectivity index (χ2n) is 4.11. The monoisotopic (exact) mass is 187 g/mol. The number of aliphatic hydroxyl groups excluding tert-OH is 1. The second kappa shape index (κ2) is 4.94. The molecular weight excluding hydrogens is 166 g/mol. The fraction of sp³-hybridized carbons (Fsp3) is 1.00. The number of ether oxygens (including phenoxy) is 1. The Bertz CT molecular complexity index is 152. The first-order chi connectivity index (χ1) is 6.19. The highest BCUT2D eigenvalue weighted by molar-refractivity contribution is 4.82. The SMILES string of the molecule is COC1CCC(C)C(CN)C(O)C1. The van der Waals surface area contributed by atoms with Gasteiger partial charge in [0.15, 0.2) is 0 Å². The first-order valence-corrected chi connectivity index (χ1v) is 5.10. The highest BCUT2D eigenvalue weighted by Crippen LogP contribution is 2.29. The van der Waals surface area contributed by atoms with Crippen LogP contribution in [0.4, 0.5) is 0 Å². The lowest BCUT2D eigenvalue weighted by molar-refractivity contribution is 0.0282. The van der Waals surface area contributed by atoms with Crippen LogP contribution in [0.15, 0.2) is 0 Å². The third-order valence-corrected chi connectivity index (χ3v) is 3.28. The molecule has 4 atom stereocenters. The summed E-state index contributed by atoms with van der Waals surface area (Å²) in [6, 6.07) is 0. The van der Waals surface area contributed by atoms with Gasteiger partial charge in [-0.05, 0) is 37.6 Å². The summed E-state index contributed by atoms with van der Waals surface area (Å²) in [5.41, 5.74) is 5.64. The number of methoxy groups -OCH3 is 1. The van der Waals surface area contributed by atoms with Gasteiger partial charge in [-0.15, -0.1) is 0 Å². The lowest BCUT2D eigenvalue weighted by atomic mass is 9.88. The van der Waals surface area contributed by atoms with Crippen molar-refractivity contribution in [2.24, 2.45) is 17.6 Å². The van der Waals surface area contributed by atoms with Crippen LogP contribution in [0.2, 0.25) is 0 Å². The number of rotatable bonds is 2. The van der Waals surface area contributed by atoms with Gasteiger partial charge in [-0.1, -0.05) is 6.92 Å². The fourth-order valence-corrected chi connectivity index (χ4v) is 2.21. The van der Waals surface area contributed by atoms with E-state index in [-0.39, 0.29) is 18.1 Å². The maximum atomic E-state index is 9.86. The minimum atomic E-state index is -0.285. The third kappa shape index (κ3) is 2.66. The molecular formula is C10H21NO2. The van der Waals surface area contributed by atoms with E-state index in [0.717, 1.165) is 19.3 Å². The predicted octanol–water partition coefficient (Wildman–Crippen LogP) is 0.757. The fourth-order valence-electron chi connectivity index (χ4n) is 2.21. The molecule has 1 rings (SSSR count). The minimum Gasteiger partial charge on any atom is -0.393 e. The number of aliphatic hydroxyl groups is 1. The van der Waals surface area contributed by atoms with Crippen LogP contribution in [0.1, 0.15) is 26.2 Å². The molecule has 4 unspecified atom stereocenters. The standard InChI is InChI=1S/C10H21NO2/c1-7-3-4-8(13-2)5-10(12)9(7)6-11/h7-10,12H,3-6,11H2,1-2H3. The van der Waals surface area contributed by atoms with E-state index in [2.05, 4.69) is 6.92 Å². The Hall–Kier alpha value is -0.120. The van der Waals surface area contributed by atoms with E-state index in [0.29, 0.717) is 12.5 Å². The van der Waals surface area contributed by atoms with Crippen molar-refractivity contribution in [3.8, 4) is 0 Å². The van der Waals surface area contributed by atoms with Gasteiger partial charge in [-0.3, -0.25) is 0 Å². The van der Waals surface area contributed by atoms with E-state index in [4.69, 9.17) is 10.5 Å². The van der Waals surface area contributed by atoms with E-state index < -0.39 is 0 Å². The van der Waals surface area contributed by atoms with Gasteiger partial charge in [0.05, 0.1) is 12.2 Å². The largest absolute Gasteiger partial charge is 0.393 e. The summed E-state index contributed by atoms with van der Waals surface area (Å²) in [7, 11) is 1.71. The van der Waals surface area contributed by atoms with Gasteiger partial charge in [0.1, 0.15) is 0 Å². The molecule has 0 radical (unpaired) electrons. The number of hydrogen-bond donors (Lipinski definition) is 2. The smallest absolute Gasteiger partial charge is 0.0607 e. The van der Waals surface area contributed by atoms with Gasteiger partial charge in [-0.25, -0.2) is 0 Å². The number of hydrogen-bond acceptors (Lipinski definition) is 3. The van der Waals surface area contributed by atoms with Crippen LogP contribution in [0.25, 0.3) is 0 Å². The summed E-state index contributed by atoms with van der Waals surface area (Å²) in [6.07, 6.45) is 2.83. The summed E-state index contributed by atoms with van der Waals surface area (Å²) in [6.45, 7) is 2.75. The Kier molecular flexibility index (Phi) is 4.16. The zero-order chi connectivity index (χ0) is 9.84. The van der Waals surface area contributed by atoms with Crippen LogP contribution in [0.5, 0.6) is 0 Å². The second-order valence-corrected chi connectivity index (χ2v) is 4.11. The van der Waals surface area contributed by atoms with Crippen LogP contribution in [-0.4, -0.2) is 31.0 Å². The average Bonchev–Trinajstić information content (AvgIpc) is 2.25. The Morgan fingerprint density at radius 1 is 1.46 bits per heavy atom. The molecule has 0 bridgehead atoms. The first kappa shape index (κ1) is 11.0. The van der Waals surface area contributed by atoms with Crippen LogP contribution in [0, 0.1) is 11.8 Å². The van der Waals surface area contributed by atoms with E-state index in [1.54, 1.807) is 7.11 Å². The molecule has 0 aromatic carbocycles. The van der Waals surface area contributed by atoms with Gasteiger partial charge in [-0.2, -0.15) is 0 Å². The highest BCUT2D eigenvalue weighted by Gasteiger charge is 2.30. The molecule has 3 nitrogen and oxygen atoms in total. The zero-order valence-corrected chi connectivity index (χ0v) is 8.57. The van der Waals surface area contributed by atoms with Crippen molar-refractivity contribution in [2.75, 3.05) is 13.7 Å². The highest BCUT2D eigenvalue weighted by atomic mass is 16.5. The lowest BCUT2D eigenvalue weighted by Crippen LogP contribution is -2.32. The molecule has 0 spiro atoms. The van der Waals surface area contributed by atoms with Crippen molar-refractivity contribution in [3.63, 3.8) is 0 Å². The molecule has 3 N–H and O–H groups in total. The van der Waals surface area contributed by atoms with Crippen molar-refractivity contribution >= 4 is 0 Å². The van der Waals surface area contributed by atoms with Crippen molar-refractivity contribution < 1.29 is 9.84 Å². The molecule has 0 heterocycles. The van der Waals surface area contributed by atoms with E-state index >= 15 is 0 Å². The van der Waals surface area contributed by atoms with Crippen LogP contribution in [-0.2, 0) is 4.74 Å². The van der Waals surface area contributed by atoms with Crippen LogP contribution >= 0.6 is 0 Å². The molecule has 13 heavy (non-hydrogen) atoms. The topological polar surface area (TPSA) is 55.5 Å². The summed E-state index contributed by atoms with van der Waals surface area (Å²) in [4.78, 5) is 0. The maximum Gasteiger partial charge on any atom is 0.0607 e. The summed E-state index contributed by atoms with van der Waals surface area (Å²) < 4.78 is 5.28. The molecule has 1 aliphatic carbocycles. The van der Waals surface area contributed by atoms with Gasteiger partial charge in [0.25, 0.3) is 0 Å². The Labute approximate surface area is 80.3 Å². The number of nitrogens with two attached hydrogens (primary N) is 1. The average molecular weight is 187 g/mol. The summed E-state index contributed by atoms with van der Waals surface area (Å²) >= 11 is 0. The molecule has 1 aliphatic rings. The first-order valence-electron chi connectivity index (χ1n) is 5.10. The Balaban J connectivity index is 2.57. The summed E-state index contributed by atoms with van der Waals surface area (Å²) in [5.74, 6) is 0.764. The van der Waals surface area contributed by atoms with Gasteiger partial charge < -0.3 is 15.6 Å². The molecule has 1 saturated carbocycles. The van der Waals surface area contributed by atoms with Crippen molar-refractivity contribution in [1.29, 1.82) is 0 Å². The minimum absolute atomic E-state index is 0.217. The zero-order valence-electron chi connectivity index (χ0n) is 8.57.